The van der Waals surface area contributed by atoms with Gasteiger partial charge in [-0.15, -0.1) is 0 Å². The maximum Gasteiger partial charge on any atom is 0.407 e. The van der Waals surface area contributed by atoms with E-state index in [4.69, 9.17) is 16.3 Å². The number of rotatable bonds is 5. The number of nitrogens with one attached hydrogen (secondary N) is 1. The van der Waals surface area contributed by atoms with E-state index in [0.29, 0.717) is 10.6 Å². The number of ether oxygens (including phenoxy) is 1. The van der Waals surface area contributed by atoms with Crippen molar-refractivity contribution in [2.24, 2.45) is 0 Å². The number of aliphatic hydroxyl groups excluding tert-OH is 2. The molecule has 1 aromatic heterocycles. The first-order chi connectivity index (χ1) is 9.69. The largest absolute Gasteiger partial charge is 0.444 e. The average Bonchev–Trinajstić information content (AvgIpc) is 2.35. The summed E-state index contributed by atoms with van der Waals surface area (Å²) >= 11 is 5.77. The van der Waals surface area contributed by atoms with Gasteiger partial charge in [-0.3, -0.25) is 4.98 Å². The standard InChI is InChI=1S/C14H21ClN2O4/c1-14(2,3)21-13(20)17-5-4-11(18)12(19)9-6-10(15)8-16-7-9/h6-8,11-12,18-19H,4-5H2,1-3H3,(H,17,20). The van der Waals surface area contributed by atoms with Crippen molar-refractivity contribution in [2.75, 3.05) is 6.54 Å². The zero-order valence-electron chi connectivity index (χ0n) is 12.3. The van der Waals surface area contributed by atoms with Gasteiger partial charge in [0.05, 0.1) is 11.1 Å². The van der Waals surface area contributed by atoms with Gasteiger partial charge in [-0.25, -0.2) is 4.79 Å². The number of nitrogens with zero attached hydrogens (tertiary/aromatic N) is 1. The molecule has 6 nitrogen and oxygen atoms in total. The molecule has 0 saturated heterocycles. The number of halogens is 1. The van der Waals surface area contributed by atoms with Gasteiger partial charge in [0.15, 0.2) is 0 Å². The first kappa shape index (κ1) is 17.7. The highest BCUT2D eigenvalue weighted by Crippen LogP contribution is 2.20. The molecule has 7 heteroatoms. The second-order valence-electron chi connectivity index (χ2n) is 5.67. The van der Waals surface area contributed by atoms with Crippen molar-refractivity contribution >= 4 is 17.7 Å². The van der Waals surface area contributed by atoms with Gasteiger partial charge < -0.3 is 20.3 Å². The van der Waals surface area contributed by atoms with Crippen LogP contribution in [0.5, 0.6) is 0 Å². The van der Waals surface area contributed by atoms with E-state index >= 15 is 0 Å². The number of aromatic nitrogens is 1. The highest BCUT2D eigenvalue weighted by atomic mass is 35.5. The fourth-order valence-electron chi connectivity index (χ4n) is 1.61. The van der Waals surface area contributed by atoms with Crippen molar-refractivity contribution in [2.45, 2.75) is 45.0 Å². The molecule has 0 radical (unpaired) electrons. The quantitative estimate of drug-likeness (QED) is 0.773. The Kier molecular flexibility index (Phi) is 6.39. The molecule has 1 heterocycles. The number of hydrogen-bond acceptors (Lipinski definition) is 5. The van der Waals surface area contributed by atoms with Gasteiger partial charge in [0.25, 0.3) is 0 Å². The third kappa shape index (κ3) is 6.75. The molecule has 0 aliphatic carbocycles. The predicted molar refractivity (Wildman–Crippen MR) is 79.1 cm³/mol. The molecule has 1 amide bonds. The van der Waals surface area contributed by atoms with Gasteiger partial charge >= 0.3 is 6.09 Å². The normalized spacial score (nSPS) is 14.4. The number of amides is 1. The lowest BCUT2D eigenvalue weighted by molar-refractivity contribution is 0.0121. The minimum absolute atomic E-state index is 0.174. The fourth-order valence-corrected chi connectivity index (χ4v) is 1.79. The monoisotopic (exact) mass is 316 g/mol. The molecular weight excluding hydrogens is 296 g/mol. The topological polar surface area (TPSA) is 91.7 Å². The Morgan fingerprint density at radius 1 is 1.43 bits per heavy atom. The molecule has 21 heavy (non-hydrogen) atoms. The summed E-state index contributed by atoms with van der Waals surface area (Å²) in [7, 11) is 0. The third-order valence-corrected chi connectivity index (χ3v) is 2.75. The molecule has 0 aliphatic heterocycles. The van der Waals surface area contributed by atoms with Crippen LogP contribution in [-0.4, -0.2) is 39.5 Å². The maximum absolute atomic E-state index is 11.4. The van der Waals surface area contributed by atoms with Crippen LogP contribution in [0.3, 0.4) is 0 Å². The van der Waals surface area contributed by atoms with Gasteiger partial charge in [0.2, 0.25) is 0 Å². The summed E-state index contributed by atoms with van der Waals surface area (Å²) in [6, 6.07) is 1.53. The number of pyridine rings is 1. The average molecular weight is 317 g/mol. The molecule has 1 rings (SSSR count). The minimum Gasteiger partial charge on any atom is -0.444 e. The van der Waals surface area contributed by atoms with E-state index in [0.717, 1.165) is 0 Å². The molecule has 0 fully saturated rings. The molecule has 2 atom stereocenters. The van der Waals surface area contributed by atoms with Gasteiger partial charge in [-0.2, -0.15) is 0 Å². The summed E-state index contributed by atoms with van der Waals surface area (Å²) in [6.07, 6.45) is 0.327. The Morgan fingerprint density at radius 2 is 2.10 bits per heavy atom. The van der Waals surface area contributed by atoms with Crippen LogP contribution in [-0.2, 0) is 4.74 Å². The van der Waals surface area contributed by atoms with E-state index in [1.54, 1.807) is 20.8 Å². The van der Waals surface area contributed by atoms with Crippen molar-refractivity contribution in [1.82, 2.24) is 10.3 Å². The highest BCUT2D eigenvalue weighted by Gasteiger charge is 2.20. The molecule has 1 aromatic rings. The van der Waals surface area contributed by atoms with E-state index in [1.807, 2.05) is 0 Å². The van der Waals surface area contributed by atoms with Crippen LogP contribution >= 0.6 is 11.6 Å². The van der Waals surface area contributed by atoms with E-state index in [2.05, 4.69) is 10.3 Å². The van der Waals surface area contributed by atoms with Crippen LogP contribution in [0.1, 0.15) is 38.9 Å². The smallest absolute Gasteiger partial charge is 0.407 e. The minimum atomic E-state index is -1.11. The molecular formula is C14H21ClN2O4. The Labute approximate surface area is 129 Å². The van der Waals surface area contributed by atoms with E-state index < -0.39 is 23.9 Å². The number of aliphatic hydroxyl groups is 2. The Bertz CT molecular complexity index is 476. The molecule has 0 aliphatic rings. The molecule has 0 aromatic carbocycles. The van der Waals surface area contributed by atoms with Gasteiger partial charge in [-0.1, -0.05) is 11.6 Å². The maximum atomic E-state index is 11.4. The van der Waals surface area contributed by atoms with Crippen molar-refractivity contribution in [3.8, 4) is 0 Å². The number of carbonyl (C=O) groups is 1. The highest BCUT2D eigenvalue weighted by molar-refractivity contribution is 6.30. The number of carbonyl (C=O) groups excluding carboxylic acids is 1. The Hall–Kier alpha value is -1.37. The van der Waals surface area contributed by atoms with Gasteiger partial charge in [-0.05, 0) is 33.3 Å². The molecule has 2 unspecified atom stereocenters. The third-order valence-electron chi connectivity index (χ3n) is 2.54. The summed E-state index contributed by atoms with van der Waals surface area (Å²) in [5.74, 6) is 0. The summed E-state index contributed by atoms with van der Waals surface area (Å²) in [6.45, 7) is 5.47. The van der Waals surface area contributed by atoms with E-state index in [1.165, 1.54) is 18.5 Å². The summed E-state index contributed by atoms with van der Waals surface area (Å²) in [5, 5.41) is 22.8. The lowest BCUT2D eigenvalue weighted by Gasteiger charge is -2.21. The van der Waals surface area contributed by atoms with Crippen LogP contribution < -0.4 is 5.32 Å². The van der Waals surface area contributed by atoms with Crippen LogP contribution in [0.25, 0.3) is 0 Å². The summed E-state index contributed by atoms with van der Waals surface area (Å²) in [4.78, 5) is 15.3. The number of alkyl carbamates (subject to hydrolysis) is 1. The van der Waals surface area contributed by atoms with Gasteiger partial charge in [0.1, 0.15) is 11.7 Å². The lowest BCUT2D eigenvalue weighted by Crippen LogP contribution is -2.34. The van der Waals surface area contributed by atoms with Crippen molar-refractivity contribution < 1.29 is 19.7 Å². The van der Waals surface area contributed by atoms with E-state index in [9.17, 15) is 15.0 Å². The zero-order chi connectivity index (χ0) is 16.0. The molecule has 0 spiro atoms. The fraction of sp³-hybridized carbons (Fsp3) is 0.571. The van der Waals surface area contributed by atoms with Crippen molar-refractivity contribution in [1.29, 1.82) is 0 Å². The van der Waals surface area contributed by atoms with Crippen LogP contribution in [0, 0.1) is 0 Å². The SMILES string of the molecule is CC(C)(C)OC(=O)NCCC(O)C(O)c1cncc(Cl)c1. The van der Waals surface area contributed by atoms with Crippen molar-refractivity contribution in [3.63, 3.8) is 0 Å². The van der Waals surface area contributed by atoms with E-state index in [-0.39, 0.29) is 13.0 Å². The zero-order valence-corrected chi connectivity index (χ0v) is 13.1. The molecule has 0 bridgehead atoms. The molecule has 0 saturated carbocycles. The predicted octanol–water partition coefficient (Wildman–Crippen LogP) is 2.04. The Morgan fingerprint density at radius 3 is 2.67 bits per heavy atom. The van der Waals surface area contributed by atoms with Crippen LogP contribution in [0.2, 0.25) is 5.02 Å². The second kappa shape index (κ2) is 7.59. The molecule has 3 N–H and O–H groups in total. The lowest BCUT2D eigenvalue weighted by atomic mass is 10.0. The first-order valence-electron chi connectivity index (χ1n) is 6.62. The first-order valence-corrected chi connectivity index (χ1v) is 7.00. The van der Waals surface area contributed by atoms with Crippen molar-refractivity contribution in [3.05, 3.63) is 29.0 Å². The summed E-state index contributed by atoms with van der Waals surface area (Å²) < 4.78 is 5.06. The van der Waals surface area contributed by atoms with Crippen LogP contribution in [0.4, 0.5) is 4.79 Å². The Balaban J connectivity index is 2.40. The second-order valence-corrected chi connectivity index (χ2v) is 6.10. The molecule has 118 valence electrons. The number of hydrogen-bond donors (Lipinski definition) is 3. The van der Waals surface area contributed by atoms with Crippen LogP contribution in [0.15, 0.2) is 18.5 Å². The van der Waals surface area contributed by atoms with Gasteiger partial charge in [0, 0.05) is 24.5 Å². The summed E-state index contributed by atoms with van der Waals surface area (Å²) in [5.41, 5.74) is -0.151.